The highest BCUT2D eigenvalue weighted by molar-refractivity contribution is 5.43. The Kier molecular flexibility index (Phi) is 18.2. The first-order valence-corrected chi connectivity index (χ1v) is 15.8. The summed E-state index contributed by atoms with van der Waals surface area (Å²) in [4.78, 5) is 182. The van der Waals surface area contributed by atoms with Crippen LogP contribution in [0.2, 0.25) is 0 Å². The van der Waals surface area contributed by atoms with Crippen LogP contribution in [0.3, 0.4) is 0 Å². The summed E-state index contributed by atoms with van der Waals surface area (Å²) >= 11 is 0. The van der Waals surface area contributed by atoms with Gasteiger partial charge in [0.1, 0.15) is 18.1 Å². The maximum absolute atomic E-state index is 14.8. The van der Waals surface area contributed by atoms with Crippen LogP contribution in [0.4, 0.5) is 0 Å². The lowest BCUT2D eigenvalue weighted by Gasteiger charge is -2.35. The molecule has 0 aliphatic rings. The molecule has 0 saturated heterocycles. The van der Waals surface area contributed by atoms with E-state index < -0.39 is 71.8 Å². The molecule has 0 aliphatic carbocycles. The van der Waals surface area contributed by atoms with Gasteiger partial charge in [0.25, 0.3) is 17.4 Å². The first-order valence-electron chi connectivity index (χ1n) is 15.8. The van der Waals surface area contributed by atoms with E-state index in [1.165, 1.54) is 0 Å². The van der Waals surface area contributed by atoms with Gasteiger partial charge in [-0.15, -0.1) is 30.0 Å². The number of rotatable bonds is 24. The largest absolute Gasteiger partial charge is 0.343 e. The average molecular weight is 751 g/mol. The number of unbranched alkanes of at least 4 members (excludes halogenated alkanes) is 3. The van der Waals surface area contributed by atoms with Gasteiger partial charge in [0.05, 0.1) is 0 Å². The van der Waals surface area contributed by atoms with Crippen molar-refractivity contribution in [1.82, 2.24) is 13.7 Å². The average Bonchev–Trinajstić information content (AvgIpc) is 3.13. The molecule has 0 aromatic carbocycles. The molecule has 0 amide bonds. The number of nitrogens with zero attached hydrogens (tertiary/aromatic N) is 12. The molecule has 3 atom stereocenters. The van der Waals surface area contributed by atoms with Crippen LogP contribution >= 0.6 is 0 Å². The standard InChI is InChI=1S/C30H30N12O12/c1-4-7-10-22(31-13-43)28(34-16-46,35-17-47)40-25(52)41(29(36-18-48,37-19-49)23(32-14-44)11-8-5-2)27(54)42(26(40)53)30(38-20-50,39-21-51)24(33-15-45)12-9-6-3/h22-24H,4-12H2,1-3H3. The Morgan fingerprint density at radius 3 is 0.759 bits per heavy atom. The van der Waals surface area contributed by atoms with Gasteiger partial charge in [0.15, 0.2) is 0 Å². The molecule has 24 nitrogen and oxygen atoms in total. The van der Waals surface area contributed by atoms with Crippen LogP contribution < -0.4 is 17.1 Å². The van der Waals surface area contributed by atoms with Crippen LogP contribution in [0, 0.1) is 0 Å². The van der Waals surface area contributed by atoms with Crippen molar-refractivity contribution in [3.8, 4) is 0 Å². The van der Waals surface area contributed by atoms with Crippen molar-refractivity contribution in [2.45, 2.75) is 114 Å². The van der Waals surface area contributed by atoms with Crippen molar-refractivity contribution in [1.29, 1.82) is 0 Å². The van der Waals surface area contributed by atoms with Gasteiger partial charge in [-0.3, -0.25) is 0 Å². The van der Waals surface area contributed by atoms with Crippen LogP contribution in [0.1, 0.15) is 78.6 Å². The topological polar surface area (TPSA) is 331 Å². The molecule has 0 aliphatic heterocycles. The summed E-state index contributed by atoms with van der Waals surface area (Å²) in [5, 5.41) is 0. The second kappa shape index (κ2) is 21.9. The van der Waals surface area contributed by atoms with E-state index in [-0.39, 0.29) is 52.2 Å². The number of isocyanates is 9. The second-order valence-corrected chi connectivity index (χ2v) is 10.8. The zero-order chi connectivity index (χ0) is 40.8. The van der Waals surface area contributed by atoms with Crippen molar-refractivity contribution in [3.63, 3.8) is 0 Å². The smallest absolute Gasteiger partial charge is 0.247 e. The summed E-state index contributed by atoms with van der Waals surface area (Å²) in [6.45, 7) is 4.86. The quantitative estimate of drug-likeness (QED) is 0.0971. The first kappa shape index (κ1) is 44.9. The summed E-state index contributed by atoms with van der Waals surface area (Å²) in [7, 11) is 0. The highest BCUT2D eigenvalue weighted by Crippen LogP contribution is 2.33. The summed E-state index contributed by atoms with van der Waals surface area (Å²) in [6.07, 6.45) is 8.77. The summed E-state index contributed by atoms with van der Waals surface area (Å²) in [5.74, 6) is -10.3. The number of hydrogen-bond donors (Lipinski definition) is 0. The maximum atomic E-state index is 14.8. The van der Waals surface area contributed by atoms with Crippen molar-refractivity contribution in [2.75, 3.05) is 0 Å². The molecule has 282 valence electrons. The molecule has 54 heavy (non-hydrogen) atoms. The molecule has 0 fully saturated rings. The Morgan fingerprint density at radius 1 is 0.407 bits per heavy atom. The van der Waals surface area contributed by atoms with Gasteiger partial charge < -0.3 is 0 Å². The molecule has 0 saturated carbocycles. The predicted molar refractivity (Wildman–Crippen MR) is 176 cm³/mol. The number of aromatic nitrogens is 3. The fourth-order valence-corrected chi connectivity index (χ4v) is 5.48. The van der Waals surface area contributed by atoms with Crippen LogP contribution in [0.15, 0.2) is 59.3 Å². The highest BCUT2D eigenvalue weighted by atomic mass is 16.2. The minimum Gasteiger partial charge on any atom is -0.247 e. The van der Waals surface area contributed by atoms with Crippen molar-refractivity contribution >= 4 is 54.7 Å². The fraction of sp³-hybridized carbons (Fsp3) is 0.600. The van der Waals surface area contributed by atoms with Gasteiger partial charge in [0.2, 0.25) is 54.7 Å². The van der Waals surface area contributed by atoms with E-state index >= 15 is 0 Å². The normalized spacial score (nSPS) is 14.9. The van der Waals surface area contributed by atoms with Crippen LogP contribution in [0.5, 0.6) is 0 Å². The Hall–Kier alpha value is -7.17. The SMILES string of the molecule is CCCCC(N=C=O)C(N=C=O)(N=C=O)n1c(=O)n(C(N=C=O)(N=C=O)C(CCCC)N=C=O)c(=O)n(C(N=C=O)(N=C=O)C(CCCC)N=C=O)c1=O. The number of hydrogen-bond acceptors (Lipinski definition) is 21. The Morgan fingerprint density at radius 2 is 0.611 bits per heavy atom. The fourth-order valence-electron chi connectivity index (χ4n) is 5.48. The predicted octanol–water partition coefficient (Wildman–Crippen LogP) is -0.299. The molecule has 1 aromatic rings. The summed E-state index contributed by atoms with van der Waals surface area (Å²) < 4.78 is -1.04. The second-order valence-electron chi connectivity index (χ2n) is 10.8. The lowest BCUT2D eigenvalue weighted by atomic mass is 10.0. The third-order valence-corrected chi connectivity index (χ3v) is 7.86. The number of aliphatic imine (C=N–C) groups is 9. The Bertz CT molecular complexity index is 1840. The monoisotopic (exact) mass is 750 g/mol. The van der Waals surface area contributed by atoms with Crippen molar-refractivity contribution in [2.24, 2.45) is 44.9 Å². The van der Waals surface area contributed by atoms with Crippen molar-refractivity contribution in [3.05, 3.63) is 31.5 Å². The van der Waals surface area contributed by atoms with Gasteiger partial charge in [-0.25, -0.2) is 57.5 Å². The maximum Gasteiger partial charge on any atom is 0.343 e. The van der Waals surface area contributed by atoms with Crippen LogP contribution in [-0.4, -0.2) is 86.5 Å². The molecular formula is C30H30N12O12. The molecule has 1 rings (SSSR count). The highest BCUT2D eigenvalue weighted by Gasteiger charge is 2.54. The molecule has 0 N–H and O–H groups in total. The van der Waals surface area contributed by atoms with E-state index in [2.05, 4.69) is 44.9 Å². The first-order chi connectivity index (χ1) is 26.0. The molecule has 0 radical (unpaired) electrons. The van der Waals surface area contributed by atoms with E-state index in [1.54, 1.807) is 20.8 Å². The van der Waals surface area contributed by atoms with Crippen LogP contribution in [0.25, 0.3) is 0 Å². The van der Waals surface area contributed by atoms with Crippen molar-refractivity contribution < 1.29 is 43.2 Å². The lowest BCUT2D eigenvalue weighted by Crippen LogP contribution is -2.69. The molecule has 0 spiro atoms. The third-order valence-electron chi connectivity index (χ3n) is 7.86. The van der Waals surface area contributed by atoms with E-state index in [0.717, 1.165) is 54.7 Å². The molecule has 1 heterocycles. The molecule has 1 aromatic heterocycles. The third kappa shape index (κ3) is 9.00. The summed E-state index contributed by atoms with van der Waals surface area (Å²) in [5.41, 5.74) is -6.44. The van der Waals surface area contributed by atoms with E-state index in [0.29, 0.717) is 0 Å². The van der Waals surface area contributed by atoms with Gasteiger partial charge in [0, 0.05) is 0 Å². The Labute approximate surface area is 302 Å². The van der Waals surface area contributed by atoms with Gasteiger partial charge >= 0.3 is 17.1 Å². The van der Waals surface area contributed by atoms with Gasteiger partial charge in [-0.1, -0.05) is 59.3 Å². The zero-order valence-corrected chi connectivity index (χ0v) is 28.9. The molecule has 0 bridgehead atoms. The molecule has 3 unspecified atom stereocenters. The Balaban J connectivity index is 5.53. The number of carbonyl (C=O) groups excluding carboxylic acids is 9. The molecule has 24 heteroatoms. The lowest BCUT2D eigenvalue weighted by molar-refractivity contribution is 0.137. The summed E-state index contributed by atoms with van der Waals surface area (Å²) in [6, 6.07) is -6.19. The van der Waals surface area contributed by atoms with Crippen LogP contribution in [-0.2, 0) is 60.5 Å². The minimum atomic E-state index is -3.44. The minimum absolute atomic E-state index is 0.0346. The van der Waals surface area contributed by atoms with E-state index in [1.807, 2.05) is 0 Å². The molecular weight excluding hydrogens is 720 g/mol. The van der Waals surface area contributed by atoms with Gasteiger partial charge in [-0.2, -0.15) is 28.7 Å². The zero-order valence-electron chi connectivity index (χ0n) is 28.9. The van der Waals surface area contributed by atoms with E-state index in [9.17, 15) is 57.5 Å². The van der Waals surface area contributed by atoms with E-state index in [4.69, 9.17) is 0 Å². The van der Waals surface area contributed by atoms with Gasteiger partial charge in [-0.05, 0) is 19.3 Å².